The molecule has 0 bridgehead atoms. The first-order chi connectivity index (χ1) is 5.80. The Balaban J connectivity index is 0. The normalized spacial score (nSPS) is 7.08. The molecule has 0 fully saturated rings. The Morgan fingerprint density at radius 2 is 1.33 bits per heavy atom. The van der Waals surface area contributed by atoms with Gasteiger partial charge in [0.15, 0.2) is 0 Å². The number of phenolic OH excluding ortho intramolecular Hbond substituents is 1. The quantitative estimate of drug-likeness (QED) is 0.625. The summed E-state index contributed by atoms with van der Waals surface area (Å²) in [7, 11) is 0. The van der Waals surface area contributed by atoms with Crippen LogP contribution in [0.1, 0.15) is 33.3 Å². The first-order valence-electron chi connectivity index (χ1n) is 4.55. The average Bonchev–Trinajstić information content (AvgIpc) is 2.17. The number of phenols is 1. The highest BCUT2D eigenvalue weighted by Crippen LogP contribution is 2.12. The van der Waals surface area contributed by atoms with E-state index in [1.54, 1.807) is 6.07 Å². The molecule has 0 radical (unpaired) electrons. The summed E-state index contributed by atoms with van der Waals surface area (Å²) in [5.41, 5.74) is 0.924. The summed E-state index contributed by atoms with van der Waals surface area (Å²) >= 11 is 0. The van der Waals surface area contributed by atoms with Crippen LogP contribution in [-0.4, -0.2) is 5.11 Å². The number of hydrogen-bond acceptors (Lipinski definition) is 1. The van der Waals surface area contributed by atoms with Crippen LogP contribution in [0.2, 0.25) is 0 Å². The van der Waals surface area contributed by atoms with E-state index in [9.17, 15) is 0 Å². The minimum atomic E-state index is 0.368. The van der Waals surface area contributed by atoms with Crippen LogP contribution in [0.15, 0.2) is 24.3 Å². The fourth-order valence-electron chi connectivity index (χ4n) is 0.563. The molecule has 1 heteroatoms. The van der Waals surface area contributed by atoms with E-state index < -0.39 is 0 Å². The summed E-state index contributed by atoms with van der Waals surface area (Å²) in [6.45, 7) is 9.87. The Morgan fingerprint density at radius 3 is 1.58 bits per heavy atom. The fourth-order valence-corrected chi connectivity index (χ4v) is 0.563. The van der Waals surface area contributed by atoms with Gasteiger partial charge in [-0.1, -0.05) is 45.9 Å². The molecule has 0 aliphatic heterocycles. The van der Waals surface area contributed by atoms with Crippen LogP contribution in [0.4, 0.5) is 0 Å². The second-order valence-corrected chi connectivity index (χ2v) is 1.79. The maximum Gasteiger partial charge on any atom is 0.118 e. The molecule has 70 valence electrons. The standard InChI is InChI=1S/C7H8O.2C2H6/c1-6-4-2-3-5-7(6)8;2*1-2/h2-5,8H,1H3;2*1-2H3. The van der Waals surface area contributed by atoms with Crippen molar-refractivity contribution in [1.82, 2.24) is 0 Å². The smallest absolute Gasteiger partial charge is 0.118 e. The van der Waals surface area contributed by atoms with Crippen LogP contribution in [0.25, 0.3) is 0 Å². The van der Waals surface area contributed by atoms with Gasteiger partial charge in [-0.25, -0.2) is 0 Å². The predicted molar refractivity (Wildman–Crippen MR) is 55.5 cm³/mol. The van der Waals surface area contributed by atoms with Gasteiger partial charge in [-0.3, -0.25) is 0 Å². The zero-order valence-corrected chi connectivity index (χ0v) is 8.76. The molecule has 1 rings (SSSR count). The van der Waals surface area contributed by atoms with Crippen LogP contribution in [0.3, 0.4) is 0 Å². The van der Waals surface area contributed by atoms with Crippen molar-refractivity contribution in [2.24, 2.45) is 0 Å². The van der Waals surface area contributed by atoms with Crippen LogP contribution in [0.5, 0.6) is 5.75 Å². The highest BCUT2D eigenvalue weighted by Gasteiger charge is 1.86. The third-order valence-corrected chi connectivity index (χ3v) is 1.12. The topological polar surface area (TPSA) is 20.2 Å². The molecule has 0 spiro atoms. The maximum absolute atomic E-state index is 8.92. The summed E-state index contributed by atoms with van der Waals surface area (Å²) in [5.74, 6) is 0.368. The van der Waals surface area contributed by atoms with Crippen molar-refractivity contribution in [2.75, 3.05) is 0 Å². The minimum Gasteiger partial charge on any atom is -0.508 e. The minimum absolute atomic E-state index is 0.368. The van der Waals surface area contributed by atoms with Crippen LogP contribution in [-0.2, 0) is 0 Å². The molecule has 0 aromatic heterocycles. The van der Waals surface area contributed by atoms with Gasteiger partial charge in [0, 0.05) is 0 Å². The molecule has 0 heterocycles. The summed E-state index contributed by atoms with van der Waals surface area (Å²) in [4.78, 5) is 0. The average molecular weight is 168 g/mol. The monoisotopic (exact) mass is 168 g/mol. The Morgan fingerprint density at radius 1 is 0.917 bits per heavy atom. The van der Waals surface area contributed by atoms with E-state index in [1.807, 2.05) is 52.8 Å². The first kappa shape index (κ1) is 13.6. The maximum atomic E-state index is 8.92. The lowest BCUT2D eigenvalue weighted by molar-refractivity contribution is 0.471. The van der Waals surface area contributed by atoms with E-state index >= 15 is 0 Å². The van der Waals surface area contributed by atoms with Gasteiger partial charge in [0.25, 0.3) is 0 Å². The van der Waals surface area contributed by atoms with E-state index in [0.29, 0.717) is 5.75 Å². The molecule has 1 aromatic rings. The number of hydrogen-bond donors (Lipinski definition) is 1. The highest BCUT2D eigenvalue weighted by atomic mass is 16.3. The molecule has 0 aliphatic carbocycles. The van der Waals surface area contributed by atoms with E-state index in [0.717, 1.165) is 5.56 Å². The lowest BCUT2D eigenvalue weighted by Crippen LogP contribution is -1.68. The van der Waals surface area contributed by atoms with Crippen molar-refractivity contribution in [2.45, 2.75) is 34.6 Å². The van der Waals surface area contributed by atoms with E-state index in [-0.39, 0.29) is 0 Å². The number of para-hydroxylation sites is 1. The Labute approximate surface area is 76.1 Å². The second kappa shape index (κ2) is 10.0. The largest absolute Gasteiger partial charge is 0.508 e. The van der Waals surface area contributed by atoms with E-state index in [4.69, 9.17) is 5.11 Å². The van der Waals surface area contributed by atoms with Crippen LogP contribution in [0, 0.1) is 6.92 Å². The van der Waals surface area contributed by atoms with E-state index in [2.05, 4.69) is 0 Å². The Kier molecular flexibility index (Phi) is 11.4. The van der Waals surface area contributed by atoms with E-state index in [1.165, 1.54) is 0 Å². The van der Waals surface area contributed by atoms with Gasteiger partial charge in [-0.15, -0.1) is 0 Å². The van der Waals surface area contributed by atoms with Crippen molar-refractivity contribution >= 4 is 0 Å². The van der Waals surface area contributed by atoms with Gasteiger partial charge < -0.3 is 5.11 Å². The van der Waals surface area contributed by atoms with Gasteiger partial charge >= 0.3 is 0 Å². The molecular weight excluding hydrogens is 148 g/mol. The van der Waals surface area contributed by atoms with Crippen molar-refractivity contribution < 1.29 is 5.11 Å². The highest BCUT2D eigenvalue weighted by molar-refractivity contribution is 5.29. The van der Waals surface area contributed by atoms with Gasteiger partial charge in [0.1, 0.15) is 5.75 Å². The molecule has 0 aliphatic rings. The summed E-state index contributed by atoms with van der Waals surface area (Å²) in [5, 5.41) is 8.92. The molecule has 12 heavy (non-hydrogen) atoms. The van der Waals surface area contributed by atoms with Gasteiger partial charge in [-0.05, 0) is 18.6 Å². The Hall–Kier alpha value is -0.980. The predicted octanol–water partition coefficient (Wildman–Crippen LogP) is 3.75. The lowest BCUT2D eigenvalue weighted by Gasteiger charge is -1.92. The zero-order valence-electron chi connectivity index (χ0n) is 8.76. The summed E-state index contributed by atoms with van der Waals surface area (Å²) in [6.07, 6.45) is 0. The van der Waals surface area contributed by atoms with Gasteiger partial charge in [0.2, 0.25) is 0 Å². The van der Waals surface area contributed by atoms with Crippen molar-refractivity contribution in [3.05, 3.63) is 29.8 Å². The molecule has 0 amide bonds. The molecule has 1 N–H and O–H groups in total. The number of aromatic hydroxyl groups is 1. The molecule has 0 unspecified atom stereocenters. The third-order valence-electron chi connectivity index (χ3n) is 1.12. The second-order valence-electron chi connectivity index (χ2n) is 1.79. The fraction of sp³-hybridized carbons (Fsp3) is 0.455. The third kappa shape index (κ3) is 5.78. The van der Waals surface area contributed by atoms with Crippen LogP contribution >= 0.6 is 0 Å². The van der Waals surface area contributed by atoms with Crippen LogP contribution < -0.4 is 0 Å². The first-order valence-corrected chi connectivity index (χ1v) is 4.55. The van der Waals surface area contributed by atoms with Crippen molar-refractivity contribution in [3.63, 3.8) is 0 Å². The molecule has 1 aromatic carbocycles. The lowest BCUT2D eigenvalue weighted by atomic mass is 10.2. The molecular formula is C11H20O. The molecule has 0 saturated heterocycles. The van der Waals surface area contributed by atoms with Gasteiger partial charge in [-0.2, -0.15) is 0 Å². The number of aryl methyl sites for hydroxylation is 1. The number of rotatable bonds is 0. The molecule has 0 saturated carbocycles. The summed E-state index contributed by atoms with van der Waals surface area (Å²) < 4.78 is 0. The van der Waals surface area contributed by atoms with Gasteiger partial charge in [0.05, 0.1) is 0 Å². The SMILES string of the molecule is CC.CC.Cc1ccccc1O. The van der Waals surface area contributed by atoms with Crippen molar-refractivity contribution in [1.29, 1.82) is 0 Å². The zero-order chi connectivity index (χ0) is 9.98. The number of benzene rings is 1. The molecule has 0 atom stereocenters. The van der Waals surface area contributed by atoms with Crippen molar-refractivity contribution in [3.8, 4) is 5.75 Å². The molecule has 1 nitrogen and oxygen atoms in total. The summed E-state index contributed by atoms with van der Waals surface area (Å²) in [6, 6.07) is 7.25. The Bertz CT molecular complexity index is 161.